The summed E-state index contributed by atoms with van der Waals surface area (Å²) in [6.45, 7) is 1.41. The van der Waals surface area contributed by atoms with Crippen molar-refractivity contribution in [2.45, 2.75) is 23.8 Å². The van der Waals surface area contributed by atoms with E-state index in [0.717, 1.165) is 32.0 Å². The van der Waals surface area contributed by atoms with Crippen molar-refractivity contribution in [1.82, 2.24) is 9.62 Å². The number of benzene rings is 2. The maximum atomic E-state index is 14.4. The van der Waals surface area contributed by atoms with Crippen LogP contribution in [0.15, 0.2) is 47.4 Å². The van der Waals surface area contributed by atoms with Crippen LogP contribution in [0, 0.1) is 11.6 Å². The fraction of sp³-hybridized carbons (Fsp3) is 0.333. The van der Waals surface area contributed by atoms with Crippen molar-refractivity contribution >= 4 is 21.6 Å². The number of halogens is 3. The van der Waals surface area contributed by atoms with Gasteiger partial charge in [0, 0.05) is 17.1 Å². The van der Waals surface area contributed by atoms with Crippen LogP contribution < -0.4 is 4.72 Å². The average Bonchev–Trinajstić information content (AvgIpc) is 3.11. The quantitative estimate of drug-likeness (QED) is 0.803. The average molecular weight is 401 g/mol. The Labute approximate surface area is 156 Å². The minimum absolute atomic E-state index is 0.0561. The van der Waals surface area contributed by atoms with Crippen molar-refractivity contribution in [3.05, 3.63) is 64.7 Å². The number of likely N-dealkylation sites (tertiary alicyclic amines) is 1. The predicted molar refractivity (Wildman–Crippen MR) is 96.5 cm³/mol. The number of rotatable bonds is 6. The molecular weight excluding hydrogens is 382 g/mol. The smallest absolute Gasteiger partial charge is 0.240 e. The fourth-order valence-electron chi connectivity index (χ4n) is 3.20. The topological polar surface area (TPSA) is 49.4 Å². The molecule has 140 valence electrons. The van der Waals surface area contributed by atoms with Crippen molar-refractivity contribution in [2.75, 3.05) is 19.6 Å². The predicted octanol–water partition coefficient (Wildman–Crippen LogP) is 3.73. The molecule has 0 saturated carbocycles. The molecule has 1 aliphatic heterocycles. The highest BCUT2D eigenvalue weighted by atomic mass is 35.5. The van der Waals surface area contributed by atoms with Crippen molar-refractivity contribution in [1.29, 1.82) is 0 Å². The fourth-order valence-corrected chi connectivity index (χ4v) is 4.56. The first-order valence-corrected chi connectivity index (χ1v) is 10.2. The highest BCUT2D eigenvalue weighted by Crippen LogP contribution is 2.32. The molecule has 0 aliphatic carbocycles. The molecule has 1 N–H and O–H groups in total. The van der Waals surface area contributed by atoms with Gasteiger partial charge in [-0.2, -0.15) is 0 Å². The third-order valence-electron chi connectivity index (χ3n) is 4.49. The van der Waals surface area contributed by atoms with Gasteiger partial charge in [0.15, 0.2) is 0 Å². The Morgan fingerprint density at radius 2 is 1.81 bits per heavy atom. The minimum atomic E-state index is -3.92. The summed E-state index contributed by atoms with van der Waals surface area (Å²) in [5, 5.41) is 0.256. The van der Waals surface area contributed by atoms with Crippen LogP contribution in [0.4, 0.5) is 8.78 Å². The zero-order valence-electron chi connectivity index (χ0n) is 14.0. The van der Waals surface area contributed by atoms with Crippen LogP contribution in [0.5, 0.6) is 0 Å². The molecule has 0 radical (unpaired) electrons. The van der Waals surface area contributed by atoms with Gasteiger partial charge in [0.1, 0.15) is 11.6 Å². The molecule has 4 nitrogen and oxygen atoms in total. The Kier molecular flexibility index (Phi) is 5.92. The zero-order valence-corrected chi connectivity index (χ0v) is 15.5. The van der Waals surface area contributed by atoms with Crippen molar-refractivity contribution in [3.63, 3.8) is 0 Å². The SMILES string of the molecule is O=S(=O)(NCC(c1c(F)cccc1Cl)N1CCCC1)c1cccc(F)c1. The van der Waals surface area contributed by atoms with E-state index < -0.39 is 27.7 Å². The molecule has 0 amide bonds. The van der Waals surface area contributed by atoms with E-state index in [1.165, 1.54) is 30.3 Å². The van der Waals surface area contributed by atoms with Gasteiger partial charge in [-0.15, -0.1) is 0 Å². The largest absolute Gasteiger partial charge is 0.295 e. The lowest BCUT2D eigenvalue weighted by atomic mass is 10.0. The molecular formula is C18H19ClF2N2O2S. The van der Waals surface area contributed by atoms with E-state index >= 15 is 0 Å². The summed E-state index contributed by atoms with van der Waals surface area (Å²) in [5.41, 5.74) is 0.276. The molecule has 26 heavy (non-hydrogen) atoms. The Morgan fingerprint density at radius 1 is 1.12 bits per heavy atom. The summed E-state index contributed by atoms with van der Waals surface area (Å²) >= 11 is 6.20. The molecule has 1 atom stereocenters. The molecule has 2 aromatic rings. The molecule has 1 aliphatic rings. The molecule has 0 bridgehead atoms. The maximum absolute atomic E-state index is 14.4. The molecule has 3 rings (SSSR count). The Balaban J connectivity index is 1.87. The van der Waals surface area contributed by atoms with E-state index in [9.17, 15) is 17.2 Å². The Bertz CT molecular complexity index is 866. The van der Waals surface area contributed by atoms with Crippen LogP contribution in [0.2, 0.25) is 5.02 Å². The maximum Gasteiger partial charge on any atom is 0.240 e. The number of nitrogens with zero attached hydrogens (tertiary/aromatic N) is 1. The lowest BCUT2D eigenvalue weighted by Gasteiger charge is -2.29. The van der Waals surface area contributed by atoms with E-state index in [0.29, 0.717) is 0 Å². The lowest BCUT2D eigenvalue weighted by molar-refractivity contribution is 0.241. The molecule has 1 heterocycles. The van der Waals surface area contributed by atoms with E-state index in [2.05, 4.69) is 4.72 Å². The van der Waals surface area contributed by atoms with Gasteiger partial charge in [-0.05, 0) is 56.3 Å². The van der Waals surface area contributed by atoms with Gasteiger partial charge in [0.25, 0.3) is 0 Å². The Morgan fingerprint density at radius 3 is 2.46 bits per heavy atom. The summed E-state index contributed by atoms with van der Waals surface area (Å²) in [5.74, 6) is -1.11. The van der Waals surface area contributed by atoms with Gasteiger partial charge in [-0.1, -0.05) is 23.7 Å². The van der Waals surface area contributed by atoms with E-state index in [1.807, 2.05) is 4.90 Å². The summed E-state index contributed by atoms with van der Waals surface area (Å²) in [4.78, 5) is 1.84. The first-order valence-electron chi connectivity index (χ1n) is 8.32. The molecule has 8 heteroatoms. The first kappa shape index (κ1) is 19.2. The van der Waals surface area contributed by atoms with Gasteiger partial charge >= 0.3 is 0 Å². The summed E-state index contributed by atoms with van der Waals surface area (Å²) < 4.78 is 55.2. The van der Waals surface area contributed by atoms with Gasteiger partial charge in [-0.3, -0.25) is 4.90 Å². The van der Waals surface area contributed by atoms with Crippen molar-refractivity contribution < 1.29 is 17.2 Å². The second-order valence-electron chi connectivity index (χ2n) is 6.20. The van der Waals surface area contributed by atoms with Crippen molar-refractivity contribution in [2.24, 2.45) is 0 Å². The minimum Gasteiger partial charge on any atom is -0.295 e. The van der Waals surface area contributed by atoms with Crippen LogP contribution in [0.25, 0.3) is 0 Å². The van der Waals surface area contributed by atoms with Crippen LogP contribution in [0.3, 0.4) is 0 Å². The third kappa shape index (κ3) is 4.23. The van der Waals surface area contributed by atoms with Crippen LogP contribution in [0.1, 0.15) is 24.4 Å². The molecule has 2 aromatic carbocycles. The molecule has 1 fully saturated rings. The summed E-state index contributed by atoms with van der Waals surface area (Å²) in [6.07, 6.45) is 1.92. The standard InChI is InChI=1S/C18H19ClF2N2O2S/c19-15-7-4-8-16(21)18(15)17(23-9-1-2-10-23)12-22-26(24,25)14-6-3-5-13(20)11-14/h3-8,11,17,22H,1-2,9-10,12H2. The monoisotopic (exact) mass is 400 g/mol. The number of hydrogen-bond donors (Lipinski definition) is 1. The van der Waals surface area contributed by atoms with E-state index in [1.54, 1.807) is 6.07 Å². The lowest BCUT2D eigenvalue weighted by Crippen LogP contribution is -2.37. The van der Waals surface area contributed by atoms with Crippen molar-refractivity contribution in [3.8, 4) is 0 Å². The second kappa shape index (κ2) is 8.00. The summed E-state index contributed by atoms with van der Waals surface area (Å²) in [6, 6.07) is 8.64. The molecule has 0 spiro atoms. The number of nitrogens with one attached hydrogen (secondary N) is 1. The van der Waals surface area contributed by atoms with Gasteiger partial charge in [-0.25, -0.2) is 21.9 Å². The number of sulfonamides is 1. The number of hydrogen-bond acceptors (Lipinski definition) is 3. The van der Waals surface area contributed by atoms with Crippen LogP contribution >= 0.6 is 11.6 Å². The van der Waals surface area contributed by atoms with Crippen LogP contribution in [-0.2, 0) is 10.0 Å². The molecule has 0 aromatic heterocycles. The molecule has 1 unspecified atom stereocenters. The molecule has 1 saturated heterocycles. The second-order valence-corrected chi connectivity index (χ2v) is 8.38. The first-order chi connectivity index (χ1) is 12.4. The van der Waals surface area contributed by atoms with Gasteiger partial charge < -0.3 is 0 Å². The highest BCUT2D eigenvalue weighted by molar-refractivity contribution is 7.89. The van der Waals surface area contributed by atoms with E-state index in [-0.39, 0.29) is 22.0 Å². The zero-order chi connectivity index (χ0) is 18.7. The normalized spacial score (nSPS) is 16.7. The van der Waals surface area contributed by atoms with Gasteiger partial charge in [0.2, 0.25) is 10.0 Å². The highest BCUT2D eigenvalue weighted by Gasteiger charge is 2.29. The van der Waals surface area contributed by atoms with Crippen LogP contribution in [-0.4, -0.2) is 33.0 Å². The Hall–Kier alpha value is -1.54. The van der Waals surface area contributed by atoms with E-state index in [4.69, 9.17) is 11.6 Å². The van der Waals surface area contributed by atoms with Gasteiger partial charge in [0.05, 0.1) is 10.9 Å². The third-order valence-corrected chi connectivity index (χ3v) is 6.24. The summed E-state index contributed by atoms with van der Waals surface area (Å²) in [7, 11) is -3.92.